The monoisotopic (exact) mass is 275 g/mol. The molecule has 0 spiro atoms. The maximum absolute atomic E-state index is 12.6. The zero-order valence-corrected chi connectivity index (χ0v) is 11.6. The Kier molecular flexibility index (Phi) is 5.38. The van der Waals surface area contributed by atoms with Crippen molar-refractivity contribution < 1.29 is 17.9 Å². The lowest BCUT2D eigenvalue weighted by Crippen LogP contribution is -2.31. The maximum atomic E-state index is 12.6. The highest BCUT2D eigenvalue weighted by Crippen LogP contribution is 2.32. The standard InChI is InChI=1S/C14H20F3NO/c1-5-12(19-4)13(18-3)11-7-6-10(8-9(11)2)14(15,16)17/h6-8,12-13,18H,5H2,1-4H3. The molecule has 0 bridgehead atoms. The van der Waals surface area contributed by atoms with E-state index in [1.54, 1.807) is 21.1 Å². The van der Waals surface area contributed by atoms with E-state index in [1.165, 1.54) is 12.1 Å². The Morgan fingerprint density at radius 3 is 2.32 bits per heavy atom. The molecule has 5 heteroatoms. The number of alkyl halides is 3. The molecule has 0 aliphatic carbocycles. The minimum Gasteiger partial charge on any atom is -0.379 e. The highest BCUT2D eigenvalue weighted by molar-refractivity contribution is 5.35. The molecular formula is C14H20F3NO. The van der Waals surface area contributed by atoms with Gasteiger partial charge in [-0.05, 0) is 43.7 Å². The Morgan fingerprint density at radius 1 is 1.32 bits per heavy atom. The van der Waals surface area contributed by atoms with Crippen molar-refractivity contribution in [3.8, 4) is 0 Å². The smallest absolute Gasteiger partial charge is 0.379 e. The molecule has 0 aliphatic rings. The molecule has 108 valence electrons. The maximum Gasteiger partial charge on any atom is 0.416 e. The van der Waals surface area contributed by atoms with Crippen LogP contribution in [0.4, 0.5) is 13.2 Å². The van der Waals surface area contributed by atoms with Crippen molar-refractivity contribution >= 4 is 0 Å². The number of rotatable bonds is 5. The van der Waals surface area contributed by atoms with E-state index in [1.807, 2.05) is 6.92 Å². The van der Waals surface area contributed by atoms with Crippen molar-refractivity contribution in [3.05, 3.63) is 34.9 Å². The molecular weight excluding hydrogens is 255 g/mol. The lowest BCUT2D eigenvalue weighted by Gasteiger charge is -2.27. The number of hydrogen-bond donors (Lipinski definition) is 1. The second-order valence-corrected chi connectivity index (χ2v) is 4.52. The summed E-state index contributed by atoms with van der Waals surface area (Å²) in [5, 5.41) is 3.11. The number of halogens is 3. The van der Waals surface area contributed by atoms with Crippen LogP contribution in [0.2, 0.25) is 0 Å². The van der Waals surface area contributed by atoms with Gasteiger partial charge >= 0.3 is 6.18 Å². The van der Waals surface area contributed by atoms with Crippen molar-refractivity contribution in [2.45, 2.75) is 38.6 Å². The van der Waals surface area contributed by atoms with Gasteiger partial charge in [0.1, 0.15) is 0 Å². The second-order valence-electron chi connectivity index (χ2n) is 4.52. The molecule has 0 fully saturated rings. The summed E-state index contributed by atoms with van der Waals surface area (Å²) in [7, 11) is 3.39. The van der Waals surface area contributed by atoms with Crippen LogP contribution in [0.3, 0.4) is 0 Å². The largest absolute Gasteiger partial charge is 0.416 e. The quantitative estimate of drug-likeness (QED) is 0.884. The van der Waals surface area contributed by atoms with Gasteiger partial charge in [0.15, 0.2) is 0 Å². The summed E-state index contributed by atoms with van der Waals surface area (Å²) in [5.74, 6) is 0. The van der Waals surface area contributed by atoms with E-state index >= 15 is 0 Å². The fourth-order valence-electron chi connectivity index (χ4n) is 2.28. The molecule has 0 saturated heterocycles. The van der Waals surface area contributed by atoms with Gasteiger partial charge in [-0.1, -0.05) is 13.0 Å². The fraction of sp³-hybridized carbons (Fsp3) is 0.571. The van der Waals surface area contributed by atoms with E-state index < -0.39 is 11.7 Å². The Bertz CT molecular complexity index is 414. The summed E-state index contributed by atoms with van der Waals surface area (Å²) in [5.41, 5.74) is 0.836. The van der Waals surface area contributed by atoms with Crippen LogP contribution in [0.25, 0.3) is 0 Å². The van der Waals surface area contributed by atoms with E-state index in [0.717, 1.165) is 18.1 Å². The van der Waals surface area contributed by atoms with Gasteiger partial charge < -0.3 is 10.1 Å². The molecule has 2 nitrogen and oxygen atoms in total. The molecule has 1 aromatic rings. The van der Waals surface area contributed by atoms with Gasteiger partial charge in [-0.15, -0.1) is 0 Å². The zero-order chi connectivity index (χ0) is 14.6. The first kappa shape index (κ1) is 16.0. The molecule has 0 aromatic heterocycles. The Labute approximate surface area is 112 Å². The SMILES string of the molecule is CCC(OC)C(NC)c1ccc(C(F)(F)F)cc1C. The number of ether oxygens (including phenoxy) is 1. The lowest BCUT2D eigenvalue weighted by atomic mass is 9.94. The summed E-state index contributed by atoms with van der Waals surface area (Å²) in [6, 6.07) is 3.72. The van der Waals surface area contributed by atoms with Gasteiger partial charge in [-0.25, -0.2) is 0 Å². The van der Waals surface area contributed by atoms with Crippen LogP contribution >= 0.6 is 0 Å². The summed E-state index contributed by atoms with van der Waals surface area (Å²) in [6.45, 7) is 3.68. The highest BCUT2D eigenvalue weighted by atomic mass is 19.4. The first-order valence-electron chi connectivity index (χ1n) is 6.22. The van der Waals surface area contributed by atoms with E-state index in [0.29, 0.717) is 5.56 Å². The number of likely N-dealkylation sites (N-methyl/N-ethyl adjacent to an activating group) is 1. The average Bonchev–Trinajstić information content (AvgIpc) is 2.35. The summed E-state index contributed by atoms with van der Waals surface area (Å²) < 4.78 is 43.3. The number of benzene rings is 1. The van der Waals surface area contributed by atoms with Crippen molar-refractivity contribution in [3.63, 3.8) is 0 Å². The van der Waals surface area contributed by atoms with Crippen LogP contribution < -0.4 is 5.32 Å². The van der Waals surface area contributed by atoms with Crippen LogP contribution in [0.1, 0.15) is 36.1 Å². The molecule has 1 aromatic carbocycles. The van der Waals surface area contributed by atoms with E-state index in [-0.39, 0.29) is 12.1 Å². The number of nitrogens with one attached hydrogen (secondary N) is 1. The fourth-order valence-corrected chi connectivity index (χ4v) is 2.28. The minimum absolute atomic E-state index is 0.0690. The predicted molar refractivity (Wildman–Crippen MR) is 69.1 cm³/mol. The highest BCUT2D eigenvalue weighted by Gasteiger charge is 2.31. The van der Waals surface area contributed by atoms with Gasteiger partial charge in [0.05, 0.1) is 17.7 Å². The molecule has 1 N–H and O–H groups in total. The molecule has 19 heavy (non-hydrogen) atoms. The second kappa shape index (κ2) is 6.39. The summed E-state index contributed by atoms with van der Waals surface area (Å²) in [6.07, 6.45) is -3.59. The molecule has 0 amide bonds. The van der Waals surface area contributed by atoms with E-state index in [2.05, 4.69) is 5.32 Å². The van der Waals surface area contributed by atoms with E-state index in [4.69, 9.17) is 4.74 Å². The average molecular weight is 275 g/mol. The third-order valence-corrected chi connectivity index (χ3v) is 3.32. The molecule has 0 saturated carbocycles. The third kappa shape index (κ3) is 3.70. The topological polar surface area (TPSA) is 21.3 Å². The van der Waals surface area contributed by atoms with Gasteiger partial charge in [-0.2, -0.15) is 13.2 Å². The lowest BCUT2D eigenvalue weighted by molar-refractivity contribution is -0.137. The van der Waals surface area contributed by atoms with E-state index in [9.17, 15) is 13.2 Å². The van der Waals surface area contributed by atoms with Crippen LogP contribution in [0.15, 0.2) is 18.2 Å². The van der Waals surface area contributed by atoms with Crippen molar-refractivity contribution in [2.75, 3.05) is 14.2 Å². The Morgan fingerprint density at radius 2 is 1.95 bits per heavy atom. The molecule has 0 radical (unpaired) electrons. The van der Waals surface area contributed by atoms with Crippen LogP contribution in [-0.2, 0) is 10.9 Å². The summed E-state index contributed by atoms with van der Waals surface area (Å²) in [4.78, 5) is 0. The first-order valence-corrected chi connectivity index (χ1v) is 6.22. The molecule has 0 heterocycles. The minimum atomic E-state index is -4.30. The van der Waals surface area contributed by atoms with Crippen molar-refractivity contribution in [1.29, 1.82) is 0 Å². The predicted octanol–water partition coefficient (Wildman–Crippen LogP) is 3.70. The Hall–Kier alpha value is -1.07. The summed E-state index contributed by atoms with van der Waals surface area (Å²) >= 11 is 0. The van der Waals surface area contributed by atoms with Gasteiger partial charge in [0.2, 0.25) is 0 Å². The molecule has 2 unspecified atom stereocenters. The van der Waals surface area contributed by atoms with Gasteiger partial charge in [0.25, 0.3) is 0 Å². The number of aryl methyl sites for hydroxylation is 1. The molecule has 0 aliphatic heterocycles. The van der Waals surface area contributed by atoms with Crippen molar-refractivity contribution in [2.24, 2.45) is 0 Å². The molecule has 2 atom stereocenters. The third-order valence-electron chi connectivity index (χ3n) is 3.32. The van der Waals surface area contributed by atoms with Crippen molar-refractivity contribution in [1.82, 2.24) is 5.32 Å². The zero-order valence-electron chi connectivity index (χ0n) is 11.6. The van der Waals surface area contributed by atoms with Gasteiger partial charge in [-0.3, -0.25) is 0 Å². The first-order chi connectivity index (χ1) is 8.85. The number of hydrogen-bond acceptors (Lipinski definition) is 2. The van der Waals surface area contributed by atoms with Crippen LogP contribution in [-0.4, -0.2) is 20.3 Å². The van der Waals surface area contributed by atoms with Gasteiger partial charge in [0, 0.05) is 7.11 Å². The Balaban J connectivity index is 3.13. The van der Waals surface area contributed by atoms with Crippen LogP contribution in [0, 0.1) is 6.92 Å². The van der Waals surface area contributed by atoms with Crippen LogP contribution in [0.5, 0.6) is 0 Å². The normalized spacial score (nSPS) is 15.3. The number of methoxy groups -OCH3 is 1. The molecule has 1 rings (SSSR count).